The van der Waals surface area contributed by atoms with E-state index in [1.54, 1.807) is 0 Å². The van der Waals surface area contributed by atoms with E-state index >= 15 is 0 Å². The second-order valence-corrected chi connectivity index (χ2v) is 6.47. The van der Waals surface area contributed by atoms with Gasteiger partial charge in [0.05, 0.1) is 12.2 Å². The van der Waals surface area contributed by atoms with Gasteiger partial charge in [0.2, 0.25) is 0 Å². The number of nitrogens with one attached hydrogen (secondary N) is 1. The van der Waals surface area contributed by atoms with E-state index in [2.05, 4.69) is 31.0 Å². The quantitative estimate of drug-likeness (QED) is 0.799. The Morgan fingerprint density at radius 2 is 1.76 bits per heavy atom. The maximum Gasteiger partial charge on any atom is 0.0706 e. The molecule has 0 amide bonds. The maximum absolute atomic E-state index is 6.28. The number of hydrogen-bond donors (Lipinski definition) is 1. The van der Waals surface area contributed by atoms with Crippen molar-refractivity contribution in [2.45, 2.75) is 64.2 Å². The van der Waals surface area contributed by atoms with Crippen molar-refractivity contribution in [3.05, 3.63) is 0 Å². The Morgan fingerprint density at radius 1 is 1.06 bits per heavy atom. The lowest BCUT2D eigenvalue weighted by atomic mass is 9.99. The van der Waals surface area contributed by atoms with Gasteiger partial charge in [0.25, 0.3) is 0 Å². The molecule has 0 radical (unpaired) electrons. The highest BCUT2D eigenvalue weighted by molar-refractivity contribution is 4.84. The Kier molecular flexibility index (Phi) is 4.45. The lowest BCUT2D eigenvalue weighted by molar-refractivity contribution is -0.0722. The fourth-order valence-electron chi connectivity index (χ4n) is 2.86. The zero-order valence-corrected chi connectivity index (χ0v) is 11.7. The van der Waals surface area contributed by atoms with E-state index in [-0.39, 0.29) is 5.54 Å². The van der Waals surface area contributed by atoms with Crippen LogP contribution < -0.4 is 5.32 Å². The minimum Gasteiger partial charge on any atom is -0.374 e. The molecule has 2 fully saturated rings. The summed E-state index contributed by atoms with van der Waals surface area (Å²) in [6.07, 6.45) is 5.87. The van der Waals surface area contributed by atoms with Gasteiger partial charge in [-0.25, -0.2) is 0 Å². The van der Waals surface area contributed by atoms with Crippen molar-refractivity contribution in [2.75, 3.05) is 26.2 Å². The smallest absolute Gasteiger partial charge is 0.0706 e. The van der Waals surface area contributed by atoms with Crippen molar-refractivity contribution in [3.63, 3.8) is 0 Å². The Balaban J connectivity index is 1.80. The standard InChI is InChI=1S/C14H28N2O/c1-14(2,3)16-10-4-5-13(11-16)17-12-6-8-15-9-7-12/h12-13,15H,4-11H2,1-3H3. The molecule has 3 nitrogen and oxygen atoms in total. The molecule has 2 aliphatic heterocycles. The first-order chi connectivity index (χ1) is 8.05. The van der Waals surface area contributed by atoms with Gasteiger partial charge in [-0.3, -0.25) is 4.90 Å². The van der Waals surface area contributed by atoms with E-state index in [0.717, 1.165) is 19.6 Å². The van der Waals surface area contributed by atoms with Crippen molar-refractivity contribution in [1.82, 2.24) is 10.2 Å². The third-order valence-electron chi connectivity index (χ3n) is 4.00. The summed E-state index contributed by atoms with van der Waals surface area (Å²) in [4.78, 5) is 2.57. The first-order valence-electron chi connectivity index (χ1n) is 7.17. The predicted octanol–water partition coefficient (Wildman–Crippen LogP) is 2.02. The molecular weight excluding hydrogens is 212 g/mol. The van der Waals surface area contributed by atoms with Gasteiger partial charge in [0, 0.05) is 12.1 Å². The lowest BCUT2D eigenvalue weighted by Crippen LogP contribution is -2.50. The second kappa shape index (κ2) is 5.68. The van der Waals surface area contributed by atoms with Crippen LogP contribution in [0.15, 0.2) is 0 Å². The van der Waals surface area contributed by atoms with Gasteiger partial charge in [-0.1, -0.05) is 0 Å². The molecule has 100 valence electrons. The van der Waals surface area contributed by atoms with Gasteiger partial charge in [-0.15, -0.1) is 0 Å². The van der Waals surface area contributed by atoms with Gasteiger partial charge in [-0.05, 0) is 66.1 Å². The van der Waals surface area contributed by atoms with Crippen molar-refractivity contribution in [3.8, 4) is 0 Å². The highest BCUT2D eigenvalue weighted by atomic mass is 16.5. The third kappa shape index (κ3) is 3.94. The average Bonchev–Trinajstić information content (AvgIpc) is 2.29. The first kappa shape index (κ1) is 13.3. The van der Waals surface area contributed by atoms with Crippen molar-refractivity contribution >= 4 is 0 Å². The summed E-state index contributed by atoms with van der Waals surface area (Å²) < 4.78 is 6.28. The summed E-state index contributed by atoms with van der Waals surface area (Å²) in [5, 5.41) is 3.39. The summed E-state index contributed by atoms with van der Waals surface area (Å²) in [7, 11) is 0. The molecule has 2 aliphatic rings. The van der Waals surface area contributed by atoms with E-state index in [4.69, 9.17) is 4.74 Å². The second-order valence-electron chi connectivity index (χ2n) is 6.47. The van der Waals surface area contributed by atoms with Crippen molar-refractivity contribution in [1.29, 1.82) is 0 Å². The Labute approximate surface area is 106 Å². The van der Waals surface area contributed by atoms with Crippen LogP contribution in [-0.2, 0) is 4.74 Å². The van der Waals surface area contributed by atoms with E-state index in [1.165, 1.54) is 32.2 Å². The van der Waals surface area contributed by atoms with Gasteiger partial charge < -0.3 is 10.1 Å². The van der Waals surface area contributed by atoms with Gasteiger partial charge in [0.15, 0.2) is 0 Å². The van der Waals surface area contributed by atoms with Crippen LogP contribution in [-0.4, -0.2) is 48.8 Å². The number of nitrogens with zero attached hydrogens (tertiary/aromatic N) is 1. The highest BCUT2D eigenvalue weighted by Gasteiger charge is 2.29. The van der Waals surface area contributed by atoms with Crippen LogP contribution in [0.2, 0.25) is 0 Å². The molecule has 2 rings (SSSR count). The molecule has 0 aromatic rings. The summed E-state index contributed by atoms with van der Waals surface area (Å²) in [6, 6.07) is 0. The summed E-state index contributed by atoms with van der Waals surface area (Å²) in [5.74, 6) is 0. The lowest BCUT2D eigenvalue weighted by Gasteiger charge is -2.42. The normalized spacial score (nSPS) is 29.5. The van der Waals surface area contributed by atoms with Crippen LogP contribution in [0, 0.1) is 0 Å². The molecule has 0 aromatic heterocycles. The molecule has 0 aromatic carbocycles. The molecule has 2 heterocycles. The number of rotatable bonds is 2. The average molecular weight is 240 g/mol. The third-order valence-corrected chi connectivity index (χ3v) is 4.00. The molecule has 1 atom stereocenters. The topological polar surface area (TPSA) is 24.5 Å². The minimum absolute atomic E-state index is 0.288. The van der Waals surface area contributed by atoms with E-state index in [1.807, 2.05) is 0 Å². The van der Waals surface area contributed by atoms with Crippen molar-refractivity contribution in [2.24, 2.45) is 0 Å². The Morgan fingerprint density at radius 3 is 2.41 bits per heavy atom. The number of hydrogen-bond acceptors (Lipinski definition) is 3. The molecule has 17 heavy (non-hydrogen) atoms. The molecular formula is C14H28N2O. The van der Waals surface area contributed by atoms with Crippen LogP contribution in [0.3, 0.4) is 0 Å². The summed E-state index contributed by atoms with van der Waals surface area (Å²) >= 11 is 0. The zero-order valence-electron chi connectivity index (χ0n) is 11.7. The van der Waals surface area contributed by atoms with Crippen LogP contribution >= 0.6 is 0 Å². The maximum atomic E-state index is 6.28. The van der Waals surface area contributed by atoms with E-state index in [9.17, 15) is 0 Å². The number of ether oxygens (including phenoxy) is 1. The van der Waals surface area contributed by atoms with Crippen molar-refractivity contribution < 1.29 is 4.74 Å². The van der Waals surface area contributed by atoms with Gasteiger partial charge in [0.1, 0.15) is 0 Å². The molecule has 0 spiro atoms. The number of likely N-dealkylation sites (tertiary alicyclic amines) is 1. The molecule has 0 aliphatic carbocycles. The fraction of sp³-hybridized carbons (Fsp3) is 1.00. The zero-order chi connectivity index (χ0) is 12.3. The predicted molar refractivity (Wildman–Crippen MR) is 71.3 cm³/mol. The summed E-state index contributed by atoms with van der Waals surface area (Å²) in [6.45, 7) is 11.5. The molecule has 3 heteroatoms. The van der Waals surface area contributed by atoms with Crippen LogP contribution in [0.25, 0.3) is 0 Å². The van der Waals surface area contributed by atoms with Gasteiger partial charge in [-0.2, -0.15) is 0 Å². The molecule has 1 unspecified atom stereocenters. The minimum atomic E-state index is 0.288. The molecule has 1 N–H and O–H groups in total. The largest absolute Gasteiger partial charge is 0.374 e. The van der Waals surface area contributed by atoms with Gasteiger partial charge >= 0.3 is 0 Å². The van der Waals surface area contributed by atoms with E-state index < -0.39 is 0 Å². The number of piperidine rings is 2. The van der Waals surface area contributed by atoms with E-state index in [0.29, 0.717) is 12.2 Å². The first-order valence-corrected chi connectivity index (χ1v) is 7.17. The van der Waals surface area contributed by atoms with Crippen LogP contribution in [0.5, 0.6) is 0 Å². The molecule has 0 saturated carbocycles. The summed E-state index contributed by atoms with van der Waals surface area (Å²) in [5.41, 5.74) is 0.288. The SMILES string of the molecule is CC(C)(C)N1CCCC(OC2CCNCC2)C1. The fourth-order valence-corrected chi connectivity index (χ4v) is 2.86. The monoisotopic (exact) mass is 240 g/mol. The molecule has 2 saturated heterocycles. The molecule has 0 bridgehead atoms. The van der Waals surface area contributed by atoms with Crippen LogP contribution in [0.1, 0.15) is 46.5 Å². The Hall–Kier alpha value is -0.120. The van der Waals surface area contributed by atoms with Crippen LogP contribution in [0.4, 0.5) is 0 Å². The Bertz CT molecular complexity index is 231. The highest BCUT2D eigenvalue weighted by Crippen LogP contribution is 2.23.